The number of thiocarbonyl (C=S) groups is 1. The van der Waals surface area contributed by atoms with Crippen molar-refractivity contribution in [1.29, 1.82) is 0 Å². The molecule has 1 unspecified atom stereocenters. The minimum atomic E-state index is -0.754. The van der Waals surface area contributed by atoms with Crippen LogP contribution in [0.15, 0.2) is 60.0 Å². The summed E-state index contributed by atoms with van der Waals surface area (Å²) in [6, 6.07) is 14.0. The first-order chi connectivity index (χ1) is 16.9. The Hall–Kier alpha value is -3.30. The number of amides is 2. The lowest BCUT2D eigenvalue weighted by Gasteiger charge is -2.24. The number of hydrogen-bond donors (Lipinski definition) is 1. The van der Waals surface area contributed by atoms with Crippen LogP contribution in [-0.2, 0) is 16.0 Å². The molecule has 0 spiro atoms. The second-order valence-corrected chi connectivity index (χ2v) is 9.49. The Morgan fingerprint density at radius 2 is 1.86 bits per heavy atom. The number of ether oxygens (including phenoxy) is 1. The Bertz CT molecular complexity index is 1210. The quantitative estimate of drug-likeness (QED) is 0.402. The maximum absolute atomic E-state index is 13.5. The van der Waals surface area contributed by atoms with Gasteiger partial charge in [0.1, 0.15) is 17.6 Å². The number of anilines is 2. The third-order valence-corrected chi connectivity index (χ3v) is 7.28. The van der Waals surface area contributed by atoms with Crippen molar-refractivity contribution in [2.75, 3.05) is 23.4 Å². The van der Waals surface area contributed by atoms with E-state index in [1.165, 1.54) is 39.6 Å². The van der Waals surface area contributed by atoms with Gasteiger partial charge in [-0.2, -0.15) is 0 Å². The van der Waals surface area contributed by atoms with Gasteiger partial charge in [0, 0.05) is 17.1 Å². The SMILES string of the molecule is CCOc1ccc(NC(=O)CC2C(=O)N(c3ccc(F)cc3)C(=S)N2CCc2sccc2C)cc1. The second kappa shape index (κ2) is 11.0. The smallest absolute Gasteiger partial charge is 0.256 e. The summed E-state index contributed by atoms with van der Waals surface area (Å²) in [6.45, 7) is 5.00. The zero-order chi connectivity index (χ0) is 24.9. The van der Waals surface area contributed by atoms with Crippen LogP contribution >= 0.6 is 23.6 Å². The van der Waals surface area contributed by atoms with E-state index >= 15 is 0 Å². The molecule has 35 heavy (non-hydrogen) atoms. The molecule has 1 saturated heterocycles. The fourth-order valence-electron chi connectivity index (χ4n) is 3.99. The van der Waals surface area contributed by atoms with Crippen LogP contribution in [0.25, 0.3) is 0 Å². The Balaban J connectivity index is 1.52. The molecule has 6 nitrogen and oxygen atoms in total. The molecule has 0 aliphatic carbocycles. The van der Waals surface area contributed by atoms with E-state index in [2.05, 4.69) is 11.4 Å². The lowest BCUT2D eigenvalue weighted by molar-refractivity contribution is -0.124. The van der Waals surface area contributed by atoms with Gasteiger partial charge in [-0.3, -0.25) is 14.5 Å². The van der Waals surface area contributed by atoms with Crippen LogP contribution in [0, 0.1) is 12.7 Å². The van der Waals surface area contributed by atoms with E-state index in [-0.39, 0.29) is 18.2 Å². The number of benzene rings is 2. The number of carbonyl (C=O) groups excluding carboxylic acids is 2. The van der Waals surface area contributed by atoms with Crippen LogP contribution in [0.2, 0.25) is 0 Å². The van der Waals surface area contributed by atoms with Crippen LogP contribution in [0.3, 0.4) is 0 Å². The summed E-state index contributed by atoms with van der Waals surface area (Å²) >= 11 is 7.33. The van der Waals surface area contributed by atoms with Gasteiger partial charge < -0.3 is 15.0 Å². The lowest BCUT2D eigenvalue weighted by atomic mass is 10.1. The molecule has 1 fully saturated rings. The monoisotopic (exact) mass is 511 g/mol. The summed E-state index contributed by atoms with van der Waals surface area (Å²) < 4.78 is 18.9. The molecule has 9 heteroatoms. The molecule has 2 aromatic carbocycles. The molecule has 3 aromatic rings. The molecule has 0 bridgehead atoms. The van der Waals surface area contributed by atoms with Gasteiger partial charge in [0.25, 0.3) is 5.91 Å². The minimum Gasteiger partial charge on any atom is -0.494 e. The molecule has 1 aliphatic heterocycles. The number of aryl methyl sites for hydroxylation is 1. The molecule has 0 radical (unpaired) electrons. The maximum atomic E-state index is 13.5. The highest BCUT2D eigenvalue weighted by Crippen LogP contribution is 2.29. The largest absolute Gasteiger partial charge is 0.494 e. The molecule has 4 rings (SSSR count). The van der Waals surface area contributed by atoms with E-state index in [1.807, 2.05) is 19.2 Å². The minimum absolute atomic E-state index is 0.0622. The van der Waals surface area contributed by atoms with Crippen molar-refractivity contribution in [3.63, 3.8) is 0 Å². The number of nitrogens with zero attached hydrogens (tertiary/aromatic N) is 2. The number of nitrogens with one attached hydrogen (secondary N) is 1. The van der Waals surface area contributed by atoms with Gasteiger partial charge in [-0.15, -0.1) is 11.3 Å². The average molecular weight is 512 g/mol. The second-order valence-electron chi connectivity index (χ2n) is 8.13. The van der Waals surface area contributed by atoms with E-state index < -0.39 is 11.9 Å². The van der Waals surface area contributed by atoms with Crippen molar-refractivity contribution in [2.45, 2.75) is 32.7 Å². The number of rotatable bonds is 9. The predicted octanol–water partition coefficient (Wildman–Crippen LogP) is 5.17. The molecule has 182 valence electrons. The van der Waals surface area contributed by atoms with E-state index in [0.717, 1.165) is 0 Å². The molecule has 2 amide bonds. The molecule has 0 saturated carbocycles. The zero-order valence-electron chi connectivity index (χ0n) is 19.5. The van der Waals surface area contributed by atoms with Gasteiger partial charge >= 0.3 is 0 Å². The highest BCUT2D eigenvalue weighted by Gasteiger charge is 2.44. The summed E-state index contributed by atoms with van der Waals surface area (Å²) in [5.41, 5.74) is 2.28. The van der Waals surface area contributed by atoms with E-state index in [4.69, 9.17) is 17.0 Å². The summed E-state index contributed by atoms with van der Waals surface area (Å²) in [5, 5.41) is 5.20. The third-order valence-electron chi connectivity index (χ3n) is 5.78. The van der Waals surface area contributed by atoms with Gasteiger partial charge in [-0.05, 0) is 98.0 Å². The standard InChI is InChI=1S/C26H26FN3O3S2/c1-3-33-21-10-6-19(7-11-21)28-24(31)16-22-25(32)30(20-8-4-18(27)5-9-20)26(34)29(22)14-12-23-17(2)13-15-35-23/h4-11,13,15,22H,3,12,14,16H2,1-2H3,(H,28,31). The summed E-state index contributed by atoms with van der Waals surface area (Å²) in [4.78, 5) is 30.8. The van der Waals surface area contributed by atoms with E-state index in [9.17, 15) is 14.0 Å². The average Bonchev–Trinajstić information content (AvgIpc) is 3.34. The first kappa shape index (κ1) is 24.8. The fraction of sp³-hybridized carbons (Fsp3) is 0.269. The van der Waals surface area contributed by atoms with E-state index in [1.54, 1.807) is 40.5 Å². The van der Waals surface area contributed by atoms with Gasteiger partial charge in [0.2, 0.25) is 5.91 Å². The van der Waals surface area contributed by atoms with Gasteiger partial charge in [0.05, 0.1) is 18.7 Å². The first-order valence-electron chi connectivity index (χ1n) is 11.3. The number of hydrogen-bond acceptors (Lipinski definition) is 5. The van der Waals surface area contributed by atoms with Gasteiger partial charge in [-0.25, -0.2) is 4.39 Å². The van der Waals surface area contributed by atoms with Crippen molar-refractivity contribution < 1.29 is 18.7 Å². The highest BCUT2D eigenvalue weighted by molar-refractivity contribution is 7.80. The normalized spacial score (nSPS) is 15.6. The highest BCUT2D eigenvalue weighted by atomic mass is 32.1. The number of carbonyl (C=O) groups is 2. The number of halogens is 1. The van der Waals surface area contributed by atoms with Crippen molar-refractivity contribution in [1.82, 2.24) is 4.90 Å². The summed E-state index contributed by atoms with van der Waals surface area (Å²) in [7, 11) is 0. The Kier molecular flexibility index (Phi) is 7.77. The molecule has 1 atom stereocenters. The van der Waals surface area contributed by atoms with Gasteiger partial charge in [0.15, 0.2) is 5.11 Å². The number of thiophene rings is 1. The van der Waals surface area contributed by atoms with Crippen molar-refractivity contribution in [3.05, 3.63) is 76.2 Å². The predicted molar refractivity (Wildman–Crippen MR) is 141 cm³/mol. The van der Waals surface area contributed by atoms with Crippen LogP contribution < -0.4 is 15.0 Å². The van der Waals surface area contributed by atoms with Crippen LogP contribution in [0.1, 0.15) is 23.8 Å². The first-order valence-corrected chi connectivity index (χ1v) is 12.6. The Morgan fingerprint density at radius 1 is 1.14 bits per heavy atom. The van der Waals surface area contributed by atoms with Crippen molar-refractivity contribution >= 4 is 51.9 Å². The topological polar surface area (TPSA) is 61.9 Å². The van der Waals surface area contributed by atoms with Gasteiger partial charge in [-0.1, -0.05) is 0 Å². The van der Waals surface area contributed by atoms with Crippen molar-refractivity contribution in [2.24, 2.45) is 0 Å². The molecular weight excluding hydrogens is 485 g/mol. The molecule has 2 heterocycles. The van der Waals surface area contributed by atoms with Crippen LogP contribution in [0.4, 0.5) is 15.8 Å². The Labute approximate surface area is 213 Å². The lowest BCUT2D eigenvalue weighted by Crippen LogP contribution is -2.39. The summed E-state index contributed by atoms with van der Waals surface area (Å²) in [6.07, 6.45) is 0.637. The molecular formula is C26H26FN3O3S2. The zero-order valence-corrected chi connectivity index (χ0v) is 21.1. The molecule has 1 aromatic heterocycles. The van der Waals surface area contributed by atoms with E-state index in [0.29, 0.717) is 41.8 Å². The fourth-order valence-corrected chi connectivity index (χ4v) is 5.30. The summed E-state index contributed by atoms with van der Waals surface area (Å²) in [5.74, 6) is -0.283. The Morgan fingerprint density at radius 3 is 2.49 bits per heavy atom. The third kappa shape index (κ3) is 5.68. The molecule has 1 aliphatic rings. The van der Waals surface area contributed by atoms with Crippen LogP contribution in [-0.4, -0.2) is 41.0 Å². The molecule has 1 N–H and O–H groups in total. The van der Waals surface area contributed by atoms with Crippen molar-refractivity contribution in [3.8, 4) is 5.75 Å². The van der Waals surface area contributed by atoms with Crippen LogP contribution in [0.5, 0.6) is 5.75 Å². The maximum Gasteiger partial charge on any atom is 0.256 e.